The van der Waals surface area contributed by atoms with Crippen LogP contribution in [0, 0.1) is 5.41 Å². The van der Waals surface area contributed by atoms with Crippen molar-refractivity contribution < 1.29 is 4.74 Å². The lowest BCUT2D eigenvalue weighted by atomic mass is 9.74. The minimum Gasteiger partial charge on any atom is -0.491 e. The van der Waals surface area contributed by atoms with E-state index in [2.05, 4.69) is 36.6 Å². The Balaban J connectivity index is 2.19. The third-order valence-corrected chi connectivity index (χ3v) is 4.67. The smallest absolute Gasteiger partial charge is 0.119 e. The molecule has 0 amide bonds. The molecule has 0 bridgehead atoms. The maximum Gasteiger partial charge on any atom is 0.119 e. The molecule has 0 radical (unpaired) electrons. The molecular formula is C17H28N2O. The number of rotatable bonds is 6. The lowest BCUT2D eigenvalue weighted by molar-refractivity contribution is 0.187. The summed E-state index contributed by atoms with van der Waals surface area (Å²) in [5.74, 6) is 6.81. The van der Waals surface area contributed by atoms with Gasteiger partial charge in [-0.2, -0.15) is 0 Å². The summed E-state index contributed by atoms with van der Waals surface area (Å²) in [5, 5.41) is 0. The summed E-state index contributed by atoms with van der Waals surface area (Å²) in [4.78, 5) is 0. The van der Waals surface area contributed by atoms with Crippen molar-refractivity contribution in [2.75, 3.05) is 0 Å². The first kappa shape index (κ1) is 15.3. The predicted octanol–water partition coefficient (Wildman–Crippen LogP) is 3.95. The fourth-order valence-electron chi connectivity index (χ4n) is 3.56. The summed E-state index contributed by atoms with van der Waals surface area (Å²) in [6, 6.07) is 8.65. The van der Waals surface area contributed by atoms with Gasteiger partial charge in [0.1, 0.15) is 5.75 Å². The van der Waals surface area contributed by atoms with Crippen LogP contribution >= 0.6 is 0 Å². The van der Waals surface area contributed by atoms with Crippen molar-refractivity contribution in [3.05, 3.63) is 29.8 Å². The summed E-state index contributed by atoms with van der Waals surface area (Å²) < 4.78 is 5.71. The largest absolute Gasteiger partial charge is 0.491 e. The minimum absolute atomic E-state index is 0.209. The summed E-state index contributed by atoms with van der Waals surface area (Å²) >= 11 is 0. The molecule has 1 saturated carbocycles. The van der Waals surface area contributed by atoms with Crippen LogP contribution in [0.3, 0.4) is 0 Å². The Bertz CT molecular complexity index is 408. The first-order valence-electron chi connectivity index (χ1n) is 7.84. The number of nitrogens with one attached hydrogen (secondary N) is 1. The number of nitrogens with two attached hydrogens (primary N) is 1. The zero-order valence-corrected chi connectivity index (χ0v) is 13.0. The molecule has 112 valence electrons. The standard InChI is InChI=1S/C17H28N2O/c1-4-17(11-5-6-12-17)16(19-18)14-7-9-15(10-8-14)20-13(2)3/h7-10,13,16,19H,4-6,11-12,18H2,1-3H3. The van der Waals surface area contributed by atoms with Crippen molar-refractivity contribution in [1.82, 2.24) is 5.43 Å². The van der Waals surface area contributed by atoms with Crippen LogP contribution in [0.25, 0.3) is 0 Å². The molecule has 1 fully saturated rings. The molecule has 3 N–H and O–H groups in total. The van der Waals surface area contributed by atoms with Crippen molar-refractivity contribution >= 4 is 0 Å². The summed E-state index contributed by atoms with van der Waals surface area (Å²) in [5.41, 5.74) is 4.66. The number of hydrogen-bond acceptors (Lipinski definition) is 3. The molecule has 3 nitrogen and oxygen atoms in total. The van der Waals surface area contributed by atoms with Crippen LogP contribution in [0.1, 0.15) is 64.5 Å². The summed E-state index contributed by atoms with van der Waals surface area (Å²) in [6.45, 7) is 6.37. The summed E-state index contributed by atoms with van der Waals surface area (Å²) in [6.07, 6.45) is 6.56. The van der Waals surface area contributed by atoms with Gasteiger partial charge in [0, 0.05) is 0 Å². The average Bonchev–Trinajstić information content (AvgIpc) is 2.91. The quantitative estimate of drug-likeness (QED) is 0.611. The highest BCUT2D eigenvalue weighted by Crippen LogP contribution is 2.49. The van der Waals surface area contributed by atoms with Gasteiger partial charge in [-0.3, -0.25) is 11.3 Å². The number of ether oxygens (including phenoxy) is 1. The van der Waals surface area contributed by atoms with Gasteiger partial charge in [-0.1, -0.05) is 31.9 Å². The van der Waals surface area contributed by atoms with E-state index in [0.29, 0.717) is 5.41 Å². The molecule has 2 rings (SSSR count). The van der Waals surface area contributed by atoms with E-state index in [1.54, 1.807) is 0 Å². The van der Waals surface area contributed by atoms with Crippen LogP contribution in [0.15, 0.2) is 24.3 Å². The topological polar surface area (TPSA) is 47.3 Å². The Hall–Kier alpha value is -1.06. The third kappa shape index (κ3) is 3.15. The molecule has 0 saturated heterocycles. The van der Waals surface area contributed by atoms with E-state index >= 15 is 0 Å². The minimum atomic E-state index is 0.209. The van der Waals surface area contributed by atoms with Crippen LogP contribution in [-0.2, 0) is 0 Å². The Kier molecular flexibility index (Phi) is 5.06. The van der Waals surface area contributed by atoms with Gasteiger partial charge < -0.3 is 4.74 Å². The number of benzene rings is 1. The molecule has 0 aromatic heterocycles. The molecular weight excluding hydrogens is 248 g/mol. The Morgan fingerprint density at radius 1 is 1.20 bits per heavy atom. The van der Waals surface area contributed by atoms with Gasteiger partial charge in [-0.15, -0.1) is 0 Å². The molecule has 1 atom stereocenters. The first-order chi connectivity index (χ1) is 9.61. The van der Waals surface area contributed by atoms with Crippen molar-refractivity contribution in [3.63, 3.8) is 0 Å². The maximum atomic E-state index is 5.88. The normalized spacial score (nSPS) is 19.2. The van der Waals surface area contributed by atoms with Crippen LogP contribution in [0.5, 0.6) is 5.75 Å². The van der Waals surface area contributed by atoms with E-state index in [9.17, 15) is 0 Å². The fraction of sp³-hybridized carbons (Fsp3) is 0.647. The van der Waals surface area contributed by atoms with Crippen LogP contribution in [0.2, 0.25) is 0 Å². The van der Waals surface area contributed by atoms with Crippen molar-refractivity contribution in [3.8, 4) is 5.75 Å². The van der Waals surface area contributed by atoms with Gasteiger partial charge in [-0.25, -0.2) is 0 Å². The van der Waals surface area contributed by atoms with Crippen molar-refractivity contribution in [2.45, 2.75) is 65.0 Å². The molecule has 1 aliphatic carbocycles. The zero-order valence-electron chi connectivity index (χ0n) is 13.0. The van der Waals surface area contributed by atoms with Gasteiger partial charge in [0.2, 0.25) is 0 Å². The molecule has 1 aromatic rings. The second-order valence-corrected chi connectivity index (χ2v) is 6.26. The van der Waals surface area contributed by atoms with Gasteiger partial charge in [0.25, 0.3) is 0 Å². The highest BCUT2D eigenvalue weighted by atomic mass is 16.5. The zero-order chi connectivity index (χ0) is 14.6. The van der Waals surface area contributed by atoms with Gasteiger partial charge in [-0.05, 0) is 56.2 Å². The predicted molar refractivity (Wildman–Crippen MR) is 83.5 cm³/mol. The van der Waals surface area contributed by atoms with Crippen LogP contribution in [-0.4, -0.2) is 6.10 Å². The molecule has 3 heteroatoms. The van der Waals surface area contributed by atoms with Gasteiger partial charge in [0.15, 0.2) is 0 Å². The van der Waals surface area contributed by atoms with E-state index < -0.39 is 0 Å². The van der Waals surface area contributed by atoms with E-state index in [4.69, 9.17) is 10.6 Å². The highest BCUT2D eigenvalue weighted by molar-refractivity contribution is 5.30. The third-order valence-electron chi connectivity index (χ3n) is 4.67. The first-order valence-corrected chi connectivity index (χ1v) is 7.84. The Labute approximate surface area is 122 Å². The molecule has 0 heterocycles. The monoisotopic (exact) mass is 276 g/mol. The second-order valence-electron chi connectivity index (χ2n) is 6.26. The fourth-order valence-corrected chi connectivity index (χ4v) is 3.56. The van der Waals surface area contributed by atoms with E-state index in [-0.39, 0.29) is 12.1 Å². The lowest BCUT2D eigenvalue weighted by Crippen LogP contribution is -2.40. The average molecular weight is 276 g/mol. The van der Waals surface area contributed by atoms with E-state index in [1.165, 1.54) is 37.7 Å². The van der Waals surface area contributed by atoms with Crippen LogP contribution < -0.4 is 16.0 Å². The SMILES string of the molecule is CCC1(C(NN)c2ccc(OC(C)C)cc2)CCCC1. The molecule has 0 spiro atoms. The highest BCUT2D eigenvalue weighted by Gasteiger charge is 2.40. The molecule has 20 heavy (non-hydrogen) atoms. The van der Waals surface area contributed by atoms with Crippen LogP contribution in [0.4, 0.5) is 0 Å². The van der Waals surface area contributed by atoms with Crippen molar-refractivity contribution in [2.24, 2.45) is 11.3 Å². The Morgan fingerprint density at radius 3 is 2.25 bits per heavy atom. The van der Waals surface area contributed by atoms with Gasteiger partial charge in [0.05, 0.1) is 12.1 Å². The summed E-state index contributed by atoms with van der Waals surface area (Å²) in [7, 11) is 0. The molecule has 0 aliphatic heterocycles. The van der Waals surface area contributed by atoms with E-state index in [1.807, 2.05) is 13.8 Å². The molecule has 1 aromatic carbocycles. The molecule has 1 unspecified atom stereocenters. The maximum absolute atomic E-state index is 5.88. The molecule has 1 aliphatic rings. The van der Waals surface area contributed by atoms with Crippen molar-refractivity contribution in [1.29, 1.82) is 0 Å². The Morgan fingerprint density at radius 2 is 1.80 bits per heavy atom. The number of hydrogen-bond donors (Lipinski definition) is 2. The van der Waals surface area contributed by atoms with E-state index in [0.717, 1.165) is 5.75 Å². The second kappa shape index (κ2) is 6.59. The number of hydrazine groups is 1. The van der Waals surface area contributed by atoms with Gasteiger partial charge >= 0.3 is 0 Å². The lowest BCUT2D eigenvalue weighted by Gasteiger charge is -2.37.